The lowest BCUT2D eigenvalue weighted by Gasteiger charge is -2.32. The first-order valence-electron chi connectivity index (χ1n) is 10.8. The summed E-state index contributed by atoms with van der Waals surface area (Å²) in [5.41, 5.74) is 1.70. The van der Waals surface area contributed by atoms with Crippen LogP contribution in [0.5, 0.6) is 11.5 Å². The third kappa shape index (κ3) is 4.66. The fourth-order valence-electron chi connectivity index (χ4n) is 4.15. The standard InChI is InChI=1S/C23H30N4O3/c1-29-20-11-6-16(12-21(20)30-2)19-13-24-14-22(27-19)25-17-7-9-18(10-8-17)26-23(28)15-4-3-5-15/h6,11-15,17-18H,3-5,7-10H2,1-2H3,(H,25,27)(H,26,28). The molecule has 0 aliphatic heterocycles. The summed E-state index contributed by atoms with van der Waals surface area (Å²) in [5.74, 6) is 2.63. The van der Waals surface area contributed by atoms with Gasteiger partial charge in [-0.15, -0.1) is 0 Å². The number of hydrogen-bond donors (Lipinski definition) is 2. The summed E-state index contributed by atoms with van der Waals surface area (Å²) >= 11 is 0. The largest absolute Gasteiger partial charge is 0.493 e. The van der Waals surface area contributed by atoms with Gasteiger partial charge < -0.3 is 20.1 Å². The van der Waals surface area contributed by atoms with Crippen LogP contribution >= 0.6 is 0 Å². The Bertz CT molecular complexity index is 877. The molecule has 30 heavy (non-hydrogen) atoms. The molecule has 2 aliphatic rings. The predicted molar refractivity (Wildman–Crippen MR) is 116 cm³/mol. The van der Waals surface area contributed by atoms with Gasteiger partial charge in [0.05, 0.1) is 32.3 Å². The molecule has 1 aromatic carbocycles. The van der Waals surface area contributed by atoms with Gasteiger partial charge in [0, 0.05) is 23.6 Å². The first kappa shape index (κ1) is 20.4. The number of hydrogen-bond acceptors (Lipinski definition) is 6. The van der Waals surface area contributed by atoms with E-state index < -0.39 is 0 Å². The molecule has 2 fully saturated rings. The monoisotopic (exact) mass is 410 g/mol. The van der Waals surface area contributed by atoms with Crippen LogP contribution in [0.15, 0.2) is 30.6 Å². The molecule has 160 valence electrons. The zero-order valence-corrected chi connectivity index (χ0v) is 17.7. The van der Waals surface area contributed by atoms with E-state index in [2.05, 4.69) is 15.6 Å². The highest BCUT2D eigenvalue weighted by molar-refractivity contribution is 5.79. The summed E-state index contributed by atoms with van der Waals surface area (Å²) in [5, 5.41) is 6.76. The molecule has 1 heterocycles. The van der Waals surface area contributed by atoms with Gasteiger partial charge in [-0.3, -0.25) is 9.78 Å². The lowest BCUT2D eigenvalue weighted by Crippen LogP contribution is -2.44. The van der Waals surface area contributed by atoms with Crippen molar-refractivity contribution in [2.45, 2.75) is 57.0 Å². The zero-order chi connectivity index (χ0) is 20.9. The Morgan fingerprint density at radius 2 is 1.70 bits per heavy atom. The minimum atomic E-state index is 0.256. The Balaban J connectivity index is 1.34. The molecule has 0 bridgehead atoms. The van der Waals surface area contributed by atoms with Crippen molar-refractivity contribution in [2.75, 3.05) is 19.5 Å². The number of ether oxygens (including phenoxy) is 2. The second-order valence-electron chi connectivity index (χ2n) is 8.19. The van der Waals surface area contributed by atoms with Crippen LogP contribution in [0, 0.1) is 5.92 Å². The number of anilines is 1. The van der Waals surface area contributed by atoms with Gasteiger partial charge in [0.2, 0.25) is 5.91 Å². The summed E-state index contributed by atoms with van der Waals surface area (Å²) in [6.45, 7) is 0. The smallest absolute Gasteiger partial charge is 0.223 e. The van der Waals surface area contributed by atoms with E-state index in [0.29, 0.717) is 23.6 Å². The van der Waals surface area contributed by atoms with Crippen molar-refractivity contribution in [1.29, 1.82) is 0 Å². The number of benzene rings is 1. The maximum Gasteiger partial charge on any atom is 0.223 e. The second kappa shape index (κ2) is 9.32. The minimum Gasteiger partial charge on any atom is -0.493 e. The first-order chi connectivity index (χ1) is 14.7. The summed E-state index contributed by atoms with van der Waals surface area (Å²) in [7, 11) is 3.24. The molecule has 2 aromatic rings. The first-order valence-corrected chi connectivity index (χ1v) is 10.8. The zero-order valence-electron chi connectivity index (χ0n) is 17.7. The van der Waals surface area contributed by atoms with Gasteiger partial charge in [-0.1, -0.05) is 6.42 Å². The van der Waals surface area contributed by atoms with E-state index in [0.717, 1.165) is 55.6 Å². The fourth-order valence-corrected chi connectivity index (χ4v) is 4.15. The maximum absolute atomic E-state index is 12.2. The van der Waals surface area contributed by atoms with Crippen molar-refractivity contribution in [3.05, 3.63) is 30.6 Å². The molecule has 7 nitrogen and oxygen atoms in total. The summed E-state index contributed by atoms with van der Waals surface area (Å²) in [4.78, 5) is 21.3. The van der Waals surface area contributed by atoms with Crippen molar-refractivity contribution in [2.24, 2.45) is 5.92 Å². The van der Waals surface area contributed by atoms with Gasteiger partial charge in [0.1, 0.15) is 5.82 Å². The van der Waals surface area contributed by atoms with Crippen molar-refractivity contribution in [3.8, 4) is 22.8 Å². The molecule has 4 rings (SSSR count). The number of nitrogens with one attached hydrogen (secondary N) is 2. The Kier molecular flexibility index (Phi) is 6.35. The van der Waals surface area contributed by atoms with E-state index in [1.54, 1.807) is 26.6 Å². The van der Waals surface area contributed by atoms with Crippen molar-refractivity contribution in [1.82, 2.24) is 15.3 Å². The fraction of sp³-hybridized carbons (Fsp3) is 0.522. The molecule has 7 heteroatoms. The number of methoxy groups -OCH3 is 2. The van der Waals surface area contributed by atoms with Crippen LogP contribution in [0.1, 0.15) is 44.9 Å². The molecule has 1 aromatic heterocycles. The molecule has 1 amide bonds. The number of amides is 1. The molecular weight excluding hydrogens is 380 g/mol. The Morgan fingerprint density at radius 1 is 0.967 bits per heavy atom. The Morgan fingerprint density at radius 3 is 2.37 bits per heavy atom. The van der Waals surface area contributed by atoms with Crippen LogP contribution in [0.4, 0.5) is 5.82 Å². The molecule has 2 N–H and O–H groups in total. The van der Waals surface area contributed by atoms with E-state index in [1.807, 2.05) is 18.2 Å². The van der Waals surface area contributed by atoms with Gasteiger partial charge in [0.15, 0.2) is 11.5 Å². The molecule has 0 radical (unpaired) electrons. The van der Waals surface area contributed by atoms with Gasteiger partial charge in [-0.25, -0.2) is 4.98 Å². The van der Waals surface area contributed by atoms with Crippen molar-refractivity contribution >= 4 is 11.7 Å². The van der Waals surface area contributed by atoms with Crippen LogP contribution in [-0.4, -0.2) is 42.2 Å². The quantitative estimate of drug-likeness (QED) is 0.722. The Hall–Kier alpha value is -2.83. The Labute approximate surface area is 177 Å². The molecular formula is C23H30N4O3. The van der Waals surface area contributed by atoms with Crippen LogP contribution in [0.25, 0.3) is 11.3 Å². The SMILES string of the molecule is COc1ccc(-c2cncc(NC3CCC(NC(=O)C4CCC4)CC3)n2)cc1OC. The predicted octanol–water partition coefficient (Wildman–Crippen LogP) is 3.80. The summed E-state index contributed by atoms with van der Waals surface area (Å²) < 4.78 is 10.7. The third-order valence-corrected chi connectivity index (χ3v) is 6.22. The molecule has 0 saturated heterocycles. The molecule has 0 spiro atoms. The van der Waals surface area contributed by atoms with E-state index in [1.165, 1.54) is 6.42 Å². The summed E-state index contributed by atoms with van der Waals surface area (Å²) in [6, 6.07) is 6.38. The minimum absolute atomic E-state index is 0.256. The third-order valence-electron chi connectivity index (χ3n) is 6.22. The molecule has 2 aliphatic carbocycles. The number of aromatic nitrogens is 2. The topological polar surface area (TPSA) is 85.4 Å². The van der Waals surface area contributed by atoms with E-state index in [-0.39, 0.29) is 11.8 Å². The van der Waals surface area contributed by atoms with Gasteiger partial charge in [-0.2, -0.15) is 0 Å². The lowest BCUT2D eigenvalue weighted by atomic mass is 9.84. The highest BCUT2D eigenvalue weighted by atomic mass is 16.5. The lowest BCUT2D eigenvalue weighted by molar-refractivity contribution is -0.128. The van der Waals surface area contributed by atoms with Crippen LogP contribution in [0.2, 0.25) is 0 Å². The summed E-state index contributed by atoms with van der Waals surface area (Å²) in [6.07, 6.45) is 10.8. The van der Waals surface area contributed by atoms with Crippen LogP contribution in [0.3, 0.4) is 0 Å². The highest BCUT2D eigenvalue weighted by Gasteiger charge is 2.29. The van der Waals surface area contributed by atoms with Crippen molar-refractivity contribution in [3.63, 3.8) is 0 Å². The van der Waals surface area contributed by atoms with Gasteiger partial charge >= 0.3 is 0 Å². The van der Waals surface area contributed by atoms with E-state index in [9.17, 15) is 4.79 Å². The number of carbonyl (C=O) groups is 1. The average Bonchev–Trinajstić information content (AvgIpc) is 2.73. The van der Waals surface area contributed by atoms with Crippen LogP contribution in [-0.2, 0) is 4.79 Å². The number of carbonyl (C=O) groups excluding carboxylic acids is 1. The molecule has 2 saturated carbocycles. The van der Waals surface area contributed by atoms with E-state index in [4.69, 9.17) is 14.5 Å². The van der Waals surface area contributed by atoms with Crippen LogP contribution < -0.4 is 20.1 Å². The van der Waals surface area contributed by atoms with Crippen molar-refractivity contribution < 1.29 is 14.3 Å². The normalized spacial score (nSPS) is 21.4. The average molecular weight is 411 g/mol. The van der Waals surface area contributed by atoms with Gasteiger partial charge in [0.25, 0.3) is 0 Å². The maximum atomic E-state index is 12.2. The number of nitrogens with zero attached hydrogens (tertiary/aromatic N) is 2. The van der Waals surface area contributed by atoms with E-state index >= 15 is 0 Å². The second-order valence-corrected chi connectivity index (χ2v) is 8.19. The molecule has 0 atom stereocenters. The highest BCUT2D eigenvalue weighted by Crippen LogP contribution is 2.32. The molecule has 0 unspecified atom stereocenters. The van der Waals surface area contributed by atoms with Gasteiger partial charge in [-0.05, 0) is 56.7 Å². The number of rotatable bonds is 7.